The predicted octanol–water partition coefficient (Wildman–Crippen LogP) is 2.42. The molecular weight excluding hydrogens is 507 g/mol. The summed E-state index contributed by atoms with van der Waals surface area (Å²) in [7, 11) is 7.08. The third-order valence-electron chi connectivity index (χ3n) is 5.04. The van der Waals surface area contributed by atoms with E-state index in [9.17, 15) is 4.79 Å². The summed E-state index contributed by atoms with van der Waals surface area (Å²) in [4.78, 5) is 18.2. The van der Waals surface area contributed by atoms with Gasteiger partial charge in [0.05, 0.1) is 25.9 Å². The zero-order chi connectivity index (χ0) is 22.3. The maximum Gasteiger partial charge on any atom is 0.241 e. The lowest BCUT2D eigenvalue weighted by Gasteiger charge is -2.19. The molecule has 0 aliphatic rings. The molecule has 2 N–H and O–H groups in total. The monoisotopic (exact) mass is 542 g/mol. The van der Waals surface area contributed by atoms with Gasteiger partial charge in [0, 0.05) is 32.9 Å². The Morgan fingerprint density at radius 2 is 1.90 bits per heavy atom. The summed E-state index contributed by atoms with van der Waals surface area (Å²) >= 11 is 0. The van der Waals surface area contributed by atoms with Gasteiger partial charge in [-0.3, -0.25) is 9.48 Å². The number of nitrogens with zero attached hydrogens (tertiary/aromatic N) is 4. The summed E-state index contributed by atoms with van der Waals surface area (Å²) in [6.45, 7) is 6.88. The highest BCUT2D eigenvalue weighted by atomic mass is 127. The maximum atomic E-state index is 12.0. The molecule has 0 saturated heterocycles. The normalized spacial score (nSPS) is 12.0. The molecule has 2 rings (SSSR count). The van der Waals surface area contributed by atoms with E-state index < -0.39 is 0 Å². The summed E-state index contributed by atoms with van der Waals surface area (Å²) in [6, 6.07) is 7.91. The first-order valence-electron chi connectivity index (χ1n) is 10.1. The lowest BCUT2D eigenvalue weighted by atomic mass is 10.1. The van der Waals surface area contributed by atoms with E-state index in [0.29, 0.717) is 12.5 Å². The van der Waals surface area contributed by atoms with E-state index in [1.54, 1.807) is 26.1 Å². The third-order valence-corrected chi connectivity index (χ3v) is 5.04. The molecule has 0 spiro atoms. The van der Waals surface area contributed by atoms with Gasteiger partial charge in [-0.15, -0.1) is 24.0 Å². The van der Waals surface area contributed by atoms with Crippen LogP contribution in [-0.2, 0) is 24.8 Å². The van der Waals surface area contributed by atoms with E-state index in [0.717, 1.165) is 29.1 Å². The average Bonchev–Trinajstić information content (AvgIpc) is 2.95. The zero-order valence-electron chi connectivity index (χ0n) is 19.5. The Morgan fingerprint density at radius 3 is 2.42 bits per heavy atom. The minimum atomic E-state index is -0.0134. The maximum absolute atomic E-state index is 12.0. The Labute approximate surface area is 202 Å². The van der Waals surface area contributed by atoms with Crippen LogP contribution in [0, 0.1) is 13.8 Å². The number of amides is 1. The van der Waals surface area contributed by atoms with Crippen molar-refractivity contribution in [2.24, 2.45) is 12.0 Å². The molecule has 0 aliphatic heterocycles. The van der Waals surface area contributed by atoms with Crippen LogP contribution in [0.15, 0.2) is 29.3 Å². The first-order valence-corrected chi connectivity index (χ1v) is 10.1. The number of hydrogen-bond acceptors (Lipinski definition) is 4. The van der Waals surface area contributed by atoms with Crippen molar-refractivity contribution in [3.05, 3.63) is 46.8 Å². The van der Waals surface area contributed by atoms with Crippen LogP contribution in [0.3, 0.4) is 0 Å². The molecule has 1 amide bonds. The van der Waals surface area contributed by atoms with Gasteiger partial charge < -0.3 is 20.3 Å². The number of aryl methyl sites for hydroxylation is 2. The van der Waals surface area contributed by atoms with Crippen LogP contribution in [0.5, 0.6) is 5.75 Å². The summed E-state index contributed by atoms with van der Waals surface area (Å²) in [5.74, 6) is 1.40. The molecule has 0 radical (unpaired) electrons. The molecule has 0 fully saturated rings. The summed E-state index contributed by atoms with van der Waals surface area (Å²) in [5.41, 5.74) is 4.49. The fraction of sp³-hybridized carbons (Fsp3) is 0.500. The SMILES string of the molecule is COc1ccc(CN=C(NCC(=O)N(C)C)NC(C)Cc2c(C)nn(C)c2C)cc1.I. The number of aliphatic imine (C=N–C) groups is 1. The van der Waals surface area contributed by atoms with Gasteiger partial charge in [0.2, 0.25) is 5.91 Å². The van der Waals surface area contributed by atoms with E-state index >= 15 is 0 Å². The molecule has 1 unspecified atom stereocenters. The number of rotatable bonds is 8. The highest BCUT2D eigenvalue weighted by Crippen LogP contribution is 2.14. The first-order chi connectivity index (χ1) is 14.2. The zero-order valence-corrected chi connectivity index (χ0v) is 21.9. The molecule has 2 aromatic rings. The molecule has 31 heavy (non-hydrogen) atoms. The minimum Gasteiger partial charge on any atom is -0.497 e. The predicted molar refractivity (Wildman–Crippen MR) is 135 cm³/mol. The van der Waals surface area contributed by atoms with Crippen LogP contribution in [0.4, 0.5) is 0 Å². The second kappa shape index (κ2) is 12.5. The Bertz CT molecular complexity index is 877. The van der Waals surface area contributed by atoms with Crippen LogP contribution in [0.2, 0.25) is 0 Å². The van der Waals surface area contributed by atoms with Crippen molar-refractivity contribution in [2.75, 3.05) is 27.7 Å². The second-order valence-corrected chi connectivity index (χ2v) is 7.68. The van der Waals surface area contributed by atoms with Crippen LogP contribution >= 0.6 is 24.0 Å². The number of nitrogens with one attached hydrogen (secondary N) is 2. The topological polar surface area (TPSA) is 83.8 Å². The van der Waals surface area contributed by atoms with Gasteiger partial charge in [-0.2, -0.15) is 5.10 Å². The van der Waals surface area contributed by atoms with E-state index in [1.165, 1.54) is 5.56 Å². The number of benzene rings is 1. The van der Waals surface area contributed by atoms with Crippen LogP contribution < -0.4 is 15.4 Å². The Morgan fingerprint density at radius 1 is 1.26 bits per heavy atom. The molecule has 1 atom stereocenters. The number of guanidine groups is 1. The third kappa shape index (κ3) is 8.04. The molecule has 0 saturated carbocycles. The molecular formula is C22H35IN6O2. The first kappa shape index (κ1) is 26.7. The molecule has 1 heterocycles. The van der Waals surface area contributed by atoms with Gasteiger partial charge in [-0.05, 0) is 50.5 Å². The lowest BCUT2D eigenvalue weighted by Crippen LogP contribution is -2.46. The van der Waals surface area contributed by atoms with Crippen LogP contribution in [0.1, 0.15) is 29.4 Å². The Kier molecular flexibility index (Phi) is 10.8. The van der Waals surface area contributed by atoms with Crippen molar-refractivity contribution in [2.45, 2.75) is 39.8 Å². The van der Waals surface area contributed by atoms with Crippen LogP contribution in [0.25, 0.3) is 0 Å². The number of likely N-dealkylation sites (N-methyl/N-ethyl adjacent to an activating group) is 1. The molecule has 8 nitrogen and oxygen atoms in total. The van der Waals surface area contributed by atoms with Crippen molar-refractivity contribution >= 4 is 35.8 Å². The van der Waals surface area contributed by atoms with Gasteiger partial charge in [0.1, 0.15) is 5.75 Å². The Balaban J connectivity index is 0.00000480. The molecule has 172 valence electrons. The minimum absolute atomic E-state index is 0. The highest BCUT2D eigenvalue weighted by Gasteiger charge is 2.15. The van der Waals surface area contributed by atoms with Crippen molar-refractivity contribution in [3.8, 4) is 5.75 Å². The number of carbonyl (C=O) groups is 1. The lowest BCUT2D eigenvalue weighted by molar-refractivity contribution is -0.127. The van der Waals surface area contributed by atoms with Crippen molar-refractivity contribution in [1.29, 1.82) is 0 Å². The van der Waals surface area contributed by atoms with E-state index in [4.69, 9.17) is 4.74 Å². The number of carbonyl (C=O) groups excluding carboxylic acids is 1. The molecule has 1 aromatic heterocycles. The molecule has 0 bridgehead atoms. The van der Waals surface area contributed by atoms with Gasteiger partial charge >= 0.3 is 0 Å². The van der Waals surface area contributed by atoms with Crippen LogP contribution in [-0.4, -0.2) is 60.3 Å². The number of hydrogen-bond donors (Lipinski definition) is 2. The van der Waals surface area contributed by atoms with E-state index in [2.05, 4.69) is 34.6 Å². The van der Waals surface area contributed by atoms with Crippen molar-refractivity contribution < 1.29 is 9.53 Å². The molecule has 0 aliphatic carbocycles. The van der Waals surface area contributed by atoms with Crippen molar-refractivity contribution in [3.63, 3.8) is 0 Å². The van der Waals surface area contributed by atoms with Gasteiger partial charge in [0.15, 0.2) is 5.96 Å². The summed E-state index contributed by atoms with van der Waals surface area (Å²) in [6.07, 6.45) is 0.816. The summed E-state index contributed by atoms with van der Waals surface area (Å²) in [5, 5.41) is 11.1. The number of methoxy groups -OCH3 is 1. The fourth-order valence-electron chi connectivity index (χ4n) is 3.07. The number of halogens is 1. The Hall–Kier alpha value is -2.30. The van der Waals surface area contributed by atoms with Crippen molar-refractivity contribution in [1.82, 2.24) is 25.3 Å². The van der Waals surface area contributed by atoms with E-state index in [-0.39, 0.29) is 42.5 Å². The fourth-order valence-corrected chi connectivity index (χ4v) is 3.07. The number of ether oxygens (including phenoxy) is 1. The quantitative estimate of drug-likeness (QED) is 0.304. The molecule has 9 heteroatoms. The smallest absolute Gasteiger partial charge is 0.241 e. The number of aromatic nitrogens is 2. The largest absolute Gasteiger partial charge is 0.497 e. The van der Waals surface area contributed by atoms with Gasteiger partial charge in [-0.1, -0.05) is 12.1 Å². The average molecular weight is 542 g/mol. The van der Waals surface area contributed by atoms with Gasteiger partial charge in [-0.25, -0.2) is 4.99 Å². The standard InChI is InChI=1S/C22H34N6O2.HI/c1-15(12-20-16(2)26-28(6)17(20)3)25-22(24-14-21(29)27(4)5)23-13-18-8-10-19(30-7)11-9-18;/h8-11,15H,12-14H2,1-7H3,(H2,23,24,25);1H. The molecule has 1 aromatic carbocycles. The van der Waals surface area contributed by atoms with Gasteiger partial charge in [0.25, 0.3) is 0 Å². The highest BCUT2D eigenvalue weighted by molar-refractivity contribution is 14.0. The second-order valence-electron chi connectivity index (χ2n) is 7.68. The van der Waals surface area contributed by atoms with E-state index in [1.807, 2.05) is 42.9 Å². The summed E-state index contributed by atoms with van der Waals surface area (Å²) < 4.78 is 7.11.